The Labute approximate surface area is 56.2 Å². The fourth-order valence-electron chi connectivity index (χ4n) is 1.34. The summed E-state index contributed by atoms with van der Waals surface area (Å²) in [5.74, 6) is 0.777. The Kier molecular flexibility index (Phi) is 1.55. The van der Waals surface area contributed by atoms with Crippen molar-refractivity contribution >= 4 is 9.84 Å². The van der Waals surface area contributed by atoms with Gasteiger partial charge in [-0.05, 0) is 19.3 Å². The first-order valence-electron chi connectivity index (χ1n) is 3.24. The van der Waals surface area contributed by atoms with Crippen LogP contribution in [0.15, 0.2) is 0 Å². The molecule has 2 atom stereocenters. The van der Waals surface area contributed by atoms with E-state index < -0.39 is 9.84 Å². The van der Waals surface area contributed by atoms with Crippen molar-refractivity contribution in [2.45, 2.75) is 25.5 Å². The number of hydrogen-bond donors (Lipinski definition) is 0. The largest absolute Gasteiger partial charge is 0.229 e. The first-order valence-corrected chi connectivity index (χ1v) is 4.95. The Morgan fingerprint density at radius 2 is 1.89 bits per heavy atom. The minimum atomic E-state index is -2.67. The molecule has 1 aliphatic rings. The zero-order chi connectivity index (χ0) is 7.07. The van der Waals surface area contributed by atoms with Gasteiger partial charge in [-0.15, -0.1) is 0 Å². The average molecular weight is 148 g/mol. The zero-order valence-electron chi connectivity index (χ0n) is 5.79. The SMILES string of the molecule is C[C@@H]1C[C@@H](C)S(=O)(=O)C1. The van der Waals surface area contributed by atoms with Crippen LogP contribution in [0.1, 0.15) is 20.3 Å². The molecule has 0 aromatic heterocycles. The highest BCUT2D eigenvalue weighted by atomic mass is 32.2. The summed E-state index contributed by atoms with van der Waals surface area (Å²) in [7, 11) is -2.67. The molecule has 0 bridgehead atoms. The molecule has 1 fully saturated rings. The van der Waals surface area contributed by atoms with E-state index in [1.165, 1.54) is 0 Å². The molecule has 0 unspecified atom stereocenters. The maximum absolute atomic E-state index is 11.0. The van der Waals surface area contributed by atoms with Crippen molar-refractivity contribution in [2.75, 3.05) is 5.75 Å². The van der Waals surface area contributed by atoms with Gasteiger partial charge in [-0.1, -0.05) is 6.92 Å². The van der Waals surface area contributed by atoms with Crippen molar-refractivity contribution in [1.82, 2.24) is 0 Å². The van der Waals surface area contributed by atoms with Gasteiger partial charge in [0.25, 0.3) is 0 Å². The highest BCUT2D eigenvalue weighted by Crippen LogP contribution is 2.24. The molecule has 9 heavy (non-hydrogen) atoms. The lowest BCUT2D eigenvalue weighted by Gasteiger charge is -1.96. The fourth-order valence-corrected chi connectivity index (χ4v) is 3.22. The Hall–Kier alpha value is -0.0500. The second-order valence-corrected chi connectivity index (χ2v) is 5.44. The van der Waals surface area contributed by atoms with Crippen molar-refractivity contribution in [2.24, 2.45) is 5.92 Å². The lowest BCUT2D eigenvalue weighted by Crippen LogP contribution is -2.10. The molecule has 3 heteroatoms. The van der Waals surface area contributed by atoms with Gasteiger partial charge in [-0.3, -0.25) is 0 Å². The summed E-state index contributed by atoms with van der Waals surface area (Å²) in [5, 5.41) is -0.0903. The normalized spacial score (nSPS) is 41.1. The first kappa shape index (κ1) is 7.06. The second-order valence-electron chi connectivity index (χ2n) is 2.98. The number of rotatable bonds is 0. The molecule has 0 aromatic rings. The van der Waals surface area contributed by atoms with Gasteiger partial charge in [0.2, 0.25) is 0 Å². The fraction of sp³-hybridized carbons (Fsp3) is 1.00. The monoisotopic (exact) mass is 148 g/mol. The molecule has 0 spiro atoms. The maximum atomic E-state index is 11.0. The molecule has 1 aliphatic heterocycles. The van der Waals surface area contributed by atoms with Gasteiger partial charge in [0.1, 0.15) is 0 Å². The van der Waals surface area contributed by atoms with Crippen LogP contribution >= 0.6 is 0 Å². The molecule has 0 amide bonds. The van der Waals surface area contributed by atoms with Crippen molar-refractivity contribution in [3.63, 3.8) is 0 Å². The van der Waals surface area contributed by atoms with Crippen LogP contribution in [0.25, 0.3) is 0 Å². The molecular formula is C6H12O2S. The smallest absolute Gasteiger partial charge is 0.153 e. The van der Waals surface area contributed by atoms with Crippen molar-refractivity contribution in [3.8, 4) is 0 Å². The molecule has 0 radical (unpaired) electrons. The molecule has 1 rings (SSSR count). The third-order valence-electron chi connectivity index (χ3n) is 1.86. The van der Waals surface area contributed by atoms with E-state index in [-0.39, 0.29) is 5.25 Å². The molecule has 54 valence electrons. The van der Waals surface area contributed by atoms with Crippen LogP contribution in [0, 0.1) is 5.92 Å². The van der Waals surface area contributed by atoms with Crippen LogP contribution in [0.4, 0.5) is 0 Å². The Morgan fingerprint density at radius 3 is 2.00 bits per heavy atom. The number of sulfone groups is 1. The van der Waals surface area contributed by atoms with Gasteiger partial charge < -0.3 is 0 Å². The van der Waals surface area contributed by atoms with Gasteiger partial charge in [0.05, 0.1) is 11.0 Å². The first-order chi connectivity index (χ1) is 4.02. The highest BCUT2D eigenvalue weighted by molar-refractivity contribution is 7.92. The molecule has 0 aliphatic carbocycles. The van der Waals surface area contributed by atoms with Crippen LogP contribution < -0.4 is 0 Å². The quantitative estimate of drug-likeness (QED) is 0.510. The summed E-state index contributed by atoms with van der Waals surface area (Å²) in [6.07, 6.45) is 0.850. The minimum absolute atomic E-state index is 0.0903. The lowest BCUT2D eigenvalue weighted by molar-refractivity contribution is 0.593. The van der Waals surface area contributed by atoms with Crippen molar-refractivity contribution < 1.29 is 8.42 Å². The Balaban J connectivity index is 2.83. The maximum Gasteiger partial charge on any atom is 0.153 e. The van der Waals surface area contributed by atoms with Crippen LogP contribution in [0.2, 0.25) is 0 Å². The van der Waals surface area contributed by atoms with Crippen molar-refractivity contribution in [3.05, 3.63) is 0 Å². The summed E-state index contributed by atoms with van der Waals surface area (Å²) in [4.78, 5) is 0. The molecular weight excluding hydrogens is 136 g/mol. The van der Waals surface area contributed by atoms with Crippen molar-refractivity contribution in [1.29, 1.82) is 0 Å². The predicted molar refractivity (Wildman–Crippen MR) is 37.0 cm³/mol. The predicted octanol–water partition coefficient (Wildman–Crippen LogP) is 0.830. The van der Waals surface area contributed by atoms with Crippen LogP contribution in [0.5, 0.6) is 0 Å². The van der Waals surface area contributed by atoms with E-state index in [2.05, 4.69) is 0 Å². The molecule has 0 aromatic carbocycles. The van der Waals surface area contributed by atoms with E-state index in [1.54, 1.807) is 6.92 Å². The van der Waals surface area contributed by atoms with Gasteiger partial charge in [-0.25, -0.2) is 8.42 Å². The third-order valence-corrected chi connectivity index (χ3v) is 4.32. The topological polar surface area (TPSA) is 34.1 Å². The van der Waals surface area contributed by atoms with E-state index >= 15 is 0 Å². The van der Waals surface area contributed by atoms with Crippen LogP contribution in [0.3, 0.4) is 0 Å². The number of hydrogen-bond acceptors (Lipinski definition) is 2. The molecule has 0 saturated carbocycles. The summed E-state index contributed by atoms with van der Waals surface area (Å²) in [6, 6.07) is 0. The van der Waals surface area contributed by atoms with E-state index in [0.717, 1.165) is 6.42 Å². The average Bonchev–Trinajstić information content (AvgIpc) is 1.79. The van der Waals surface area contributed by atoms with E-state index in [4.69, 9.17) is 0 Å². The second kappa shape index (κ2) is 1.97. The summed E-state index contributed by atoms with van der Waals surface area (Å²) >= 11 is 0. The Morgan fingerprint density at radius 1 is 1.33 bits per heavy atom. The minimum Gasteiger partial charge on any atom is -0.229 e. The van der Waals surface area contributed by atoms with Gasteiger partial charge >= 0.3 is 0 Å². The summed E-state index contributed by atoms with van der Waals surface area (Å²) < 4.78 is 21.9. The van der Waals surface area contributed by atoms with E-state index in [9.17, 15) is 8.42 Å². The van der Waals surface area contributed by atoms with Gasteiger partial charge in [0, 0.05) is 0 Å². The summed E-state index contributed by atoms with van der Waals surface area (Å²) in [5.41, 5.74) is 0. The Bertz CT molecular complexity index is 193. The standard InChI is InChI=1S/C6H12O2S/c1-5-3-6(2)9(7,8)4-5/h5-6H,3-4H2,1-2H3/t5-,6-/m1/s1. The molecule has 2 nitrogen and oxygen atoms in total. The molecule has 0 N–H and O–H groups in total. The highest BCUT2D eigenvalue weighted by Gasteiger charge is 2.31. The van der Waals surface area contributed by atoms with E-state index in [1.807, 2.05) is 6.92 Å². The summed E-state index contributed by atoms with van der Waals surface area (Å²) in [6.45, 7) is 3.78. The van der Waals surface area contributed by atoms with E-state index in [0.29, 0.717) is 11.7 Å². The molecule has 1 heterocycles. The van der Waals surface area contributed by atoms with Crippen LogP contribution in [-0.2, 0) is 9.84 Å². The third kappa shape index (κ3) is 1.26. The lowest BCUT2D eigenvalue weighted by atomic mass is 10.1. The molecule has 1 saturated heterocycles. The zero-order valence-corrected chi connectivity index (χ0v) is 6.61. The van der Waals surface area contributed by atoms with Gasteiger partial charge in [0.15, 0.2) is 9.84 Å². The van der Waals surface area contributed by atoms with Gasteiger partial charge in [-0.2, -0.15) is 0 Å². The van der Waals surface area contributed by atoms with Crippen LogP contribution in [-0.4, -0.2) is 19.4 Å².